The lowest BCUT2D eigenvalue weighted by molar-refractivity contribution is -0.403. The van der Waals surface area contributed by atoms with Crippen LogP contribution in [0.25, 0.3) is 0 Å². The van der Waals surface area contributed by atoms with Gasteiger partial charge < -0.3 is 4.31 Å². The molecule has 0 aliphatic heterocycles. The molecule has 0 saturated carbocycles. The monoisotopic (exact) mass is 291 g/mol. The summed E-state index contributed by atoms with van der Waals surface area (Å²) in [5.74, 6) is 0.737. The maximum Gasteiger partial charge on any atom is 0.265 e. The molecule has 1 heterocycles. The molecule has 0 amide bonds. The van der Waals surface area contributed by atoms with Crippen LogP contribution in [-0.2, 0) is 5.75 Å². The fourth-order valence-corrected chi connectivity index (χ4v) is 3.51. The van der Waals surface area contributed by atoms with Crippen molar-refractivity contribution < 1.29 is 4.92 Å². The summed E-state index contributed by atoms with van der Waals surface area (Å²) in [6.07, 6.45) is 4.64. The van der Waals surface area contributed by atoms with Gasteiger partial charge >= 0.3 is 0 Å². The molecule has 0 N–H and O–H groups in total. The summed E-state index contributed by atoms with van der Waals surface area (Å²) in [4.78, 5) is 14.3. The number of thiazole rings is 1. The van der Waals surface area contributed by atoms with Gasteiger partial charge in [-0.05, 0) is 25.1 Å². The van der Waals surface area contributed by atoms with E-state index in [1.54, 1.807) is 29.5 Å². The van der Waals surface area contributed by atoms with Crippen molar-refractivity contribution in [2.45, 2.75) is 12.7 Å². The second kappa shape index (κ2) is 7.57. The second-order valence-electron chi connectivity index (χ2n) is 2.85. The highest BCUT2D eigenvalue weighted by molar-refractivity contribution is 8.04. The van der Waals surface area contributed by atoms with Gasteiger partial charge in [0.1, 0.15) is 5.01 Å². The van der Waals surface area contributed by atoms with Gasteiger partial charge in [-0.15, -0.1) is 23.1 Å². The largest absolute Gasteiger partial charge is 0.305 e. The number of aromatic nitrogens is 1. The number of rotatable bonds is 7. The van der Waals surface area contributed by atoms with Crippen LogP contribution in [0.2, 0.25) is 0 Å². The molecule has 5 nitrogen and oxygen atoms in total. The first-order valence-electron chi connectivity index (χ1n) is 4.85. The fraction of sp³-hybridized carbons (Fsp3) is 0.444. The van der Waals surface area contributed by atoms with Crippen LogP contribution < -0.4 is 0 Å². The minimum atomic E-state index is -0.418. The Kier molecular flexibility index (Phi) is 6.38. The molecule has 0 aliphatic rings. The molecule has 17 heavy (non-hydrogen) atoms. The summed E-state index contributed by atoms with van der Waals surface area (Å²) in [5, 5.41) is 14.1. The zero-order valence-corrected chi connectivity index (χ0v) is 12.0. The van der Waals surface area contributed by atoms with Crippen LogP contribution in [0, 0.1) is 10.1 Å². The molecule has 0 saturated heterocycles. The fourth-order valence-electron chi connectivity index (χ4n) is 1.08. The number of hydrogen-bond acceptors (Lipinski definition) is 7. The van der Waals surface area contributed by atoms with Crippen LogP contribution >= 0.6 is 35.0 Å². The van der Waals surface area contributed by atoms with E-state index in [0.29, 0.717) is 5.03 Å². The molecule has 0 spiro atoms. The third kappa shape index (κ3) is 4.97. The Morgan fingerprint density at radius 1 is 1.76 bits per heavy atom. The Labute approximate surface area is 113 Å². The van der Waals surface area contributed by atoms with Crippen LogP contribution in [0.5, 0.6) is 0 Å². The third-order valence-electron chi connectivity index (χ3n) is 1.79. The van der Waals surface area contributed by atoms with E-state index in [2.05, 4.69) is 4.98 Å². The number of nitrogens with zero attached hydrogens (tertiary/aromatic N) is 3. The lowest BCUT2D eigenvalue weighted by atomic mass is 10.7. The maximum absolute atomic E-state index is 10.5. The average molecular weight is 291 g/mol. The molecule has 0 aliphatic carbocycles. The van der Waals surface area contributed by atoms with Crippen molar-refractivity contribution in [1.29, 1.82) is 0 Å². The first-order valence-corrected chi connectivity index (χ1v) is 7.90. The number of hydrogen-bond donors (Lipinski definition) is 0. The highest BCUT2D eigenvalue weighted by Gasteiger charge is 2.12. The first kappa shape index (κ1) is 14.3. The lowest BCUT2D eigenvalue weighted by Crippen LogP contribution is -2.14. The Balaban J connectivity index is 2.60. The van der Waals surface area contributed by atoms with E-state index in [-0.39, 0.29) is 0 Å². The maximum atomic E-state index is 10.5. The molecule has 1 aromatic heterocycles. The van der Waals surface area contributed by atoms with Gasteiger partial charge in [0.05, 0.1) is 10.7 Å². The molecule has 94 valence electrons. The van der Waals surface area contributed by atoms with Gasteiger partial charge in [0.2, 0.25) is 0 Å². The minimum Gasteiger partial charge on any atom is -0.305 e. The summed E-state index contributed by atoms with van der Waals surface area (Å²) in [7, 11) is 0. The molecule has 0 atom stereocenters. The predicted molar refractivity (Wildman–Crippen MR) is 74.4 cm³/mol. The summed E-state index contributed by atoms with van der Waals surface area (Å²) < 4.78 is 1.91. The van der Waals surface area contributed by atoms with Gasteiger partial charge in [0, 0.05) is 18.1 Å². The van der Waals surface area contributed by atoms with Gasteiger partial charge in [0.15, 0.2) is 5.03 Å². The molecular formula is C9H13N3O2S3. The van der Waals surface area contributed by atoms with E-state index < -0.39 is 4.92 Å². The van der Waals surface area contributed by atoms with Gasteiger partial charge in [-0.1, -0.05) is 0 Å². The van der Waals surface area contributed by atoms with Crippen LogP contribution in [0.15, 0.2) is 22.8 Å². The number of thioether (sulfide) groups is 1. The Morgan fingerprint density at radius 3 is 3.00 bits per heavy atom. The molecule has 0 aromatic carbocycles. The van der Waals surface area contributed by atoms with Crippen molar-refractivity contribution in [3.63, 3.8) is 0 Å². The summed E-state index contributed by atoms with van der Waals surface area (Å²) in [6, 6.07) is 0. The second-order valence-corrected chi connectivity index (χ2v) is 5.64. The highest BCUT2D eigenvalue weighted by atomic mass is 32.2. The molecule has 0 bridgehead atoms. The quantitative estimate of drug-likeness (QED) is 0.437. The summed E-state index contributed by atoms with van der Waals surface area (Å²) >= 11 is 4.51. The SMILES string of the molecule is CCN(SCc1nccs1)/C(=C/[N+](=O)[O-])SC. The van der Waals surface area contributed by atoms with Crippen molar-refractivity contribution in [2.24, 2.45) is 0 Å². The van der Waals surface area contributed by atoms with Crippen LogP contribution in [0.3, 0.4) is 0 Å². The van der Waals surface area contributed by atoms with Gasteiger partial charge in [0.25, 0.3) is 6.20 Å². The molecule has 0 radical (unpaired) electrons. The minimum absolute atomic E-state index is 0.418. The molecule has 0 unspecified atom stereocenters. The predicted octanol–water partition coefficient (Wildman–Crippen LogP) is 3.05. The van der Waals surface area contributed by atoms with E-state index in [0.717, 1.165) is 23.5 Å². The van der Waals surface area contributed by atoms with Crippen molar-refractivity contribution in [1.82, 2.24) is 9.29 Å². The van der Waals surface area contributed by atoms with Crippen molar-refractivity contribution >= 4 is 35.0 Å². The first-order chi connectivity index (χ1) is 8.17. The van der Waals surface area contributed by atoms with E-state index in [1.165, 1.54) is 11.8 Å². The Hall–Kier alpha value is -0.730. The standard InChI is InChI=1S/C9H13N3O2S3/c1-3-11(9(15-2)6-12(13)14)17-7-8-10-4-5-16-8/h4-6H,3,7H2,1-2H3/b9-6-. The summed E-state index contributed by atoms with van der Waals surface area (Å²) in [6.45, 7) is 2.69. The van der Waals surface area contributed by atoms with Crippen molar-refractivity contribution in [3.05, 3.63) is 37.9 Å². The van der Waals surface area contributed by atoms with E-state index in [4.69, 9.17) is 0 Å². The van der Waals surface area contributed by atoms with E-state index in [9.17, 15) is 10.1 Å². The smallest absolute Gasteiger partial charge is 0.265 e. The average Bonchev–Trinajstić information content (AvgIpc) is 2.80. The topological polar surface area (TPSA) is 59.3 Å². The molecule has 1 aromatic rings. The summed E-state index contributed by atoms with van der Waals surface area (Å²) in [5.41, 5.74) is 0. The Bertz CT molecular complexity index is 381. The normalized spacial score (nSPS) is 11.5. The lowest BCUT2D eigenvalue weighted by Gasteiger charge is -2.20. The number of nitro groups is 1. The van der Waals surface area contributed by atoms with Gasteiger partial charge in [-0.2, -0.15) is 0 Å². The van der Waals surface area contributed by atoms with Crippen molar-refractivity contribution in [2.75, 3.05) is 12.8 Å². The zero-order valence-electron chi connectivity index (χ0n) is 9.53. The molecule has 8 heteroatoms. The molecule has 1 rings (SSSR count). The third-order valence-corrected chi connectivity index (χ3v) is 4.78. The van der Waals surface area contributed by atoms with Crippen molar-refractivity contribution in [3.8, 4) is 0 Å². The van der Waals surface area contributed by atoms with Crippen LogP contribution in [0.1, 0.15) is 11.9 Å². The van der Waals surface area contributed by atoms with E-state index >= 15 is 0 Å². The zero-order chi connectivity index (χ0) is 12.7. The van der Waals surface area contributed by atoms with E-state index in [1.807, 2.05) is 22.9 Å². The van der Waals surface area contributed by atoms with Crippen LogP contribution in [0.4, 0.5) is 0 Å². The van der Waals surface area contributed by atoms with Crippen LogP contribution in [-0.4, -0.2) is 27.0 Å². The Morgan fingerprint density at radius 2 is 2.53 bits per heavy atom. The molecule has 0 fully saturated rings. The molecular weight excluding hydrogens is 278 g/mol. The highest BCUT2D eigenvalue weighted by Crippen LogP contribution is 2.27. The van der Waals surface area contributed by atoms with Gasteiger partial charge in [-0.3, -0.25) is 10.1 Å². The van der Waals surface area contributed by atoms with Gasteiger partial charge in [-0.25, -0.2) is 4.98 Å².